The lowest BCUT2D eigenvalue weighted by atomic mass is 10.1. The lowest BCUT2D eigenvalue weighted by Gasteiger charge is -2.16. The highest BCUT2D eigenvalue weighted by Crippen LogP contribution is 2.41. The van der Waals surface area contributed by atoms with Gasteiger partial charge in [0.1, 0.15) is 11.5 Å². The molecule has 0 saturated heterocycles. The Kier molecular flexibility index (Phi) is 6.52. The first-order valence-corrected chi connectivity index (χ1v) is 8.25. The van der Waals surface area contributed by atoms with Crippen LogP contribution in [0, 0.1) is 6.92 Å². The molecule has 0 atom stereocenters. The van der Waals surface area contributed by atoms with E-state index < -0.39 is 29.0 Å². The van der Waals surface area contributed by atoms with Crippen molar-refractivity contribution in [3.63, 3.8) is 0 Å². The van der Waals surface area contributed by atoms with Crippen LogP contribution in [0.5, 0.6) is 5.75 Å². The van der Waals surface area contributed by atoms with Gasteiger partial charge in [-0.25, -0.2) is 4.79 Å². The number of unbranched alkanes of at least 4 members (excludes halogenated alkanes) is 2. The number of carboxylic acid groups (broad SMARTS) is 1. The molecule has 0 amide bonds. The van der Waals surface area contributed by atoms with E-state index in [9.17, 15) is 18.0 Å². The second-order valence-corrected chi connectivity index (χ2v) is 6.14. The molecule has 1 heterocycles. The zero-order chi connectivity index (χ0) is 19.3. The number of rotatable bonds is 8. The van der Waals surface area contributed by atoms with Crippen LogP contribution in [0.4, 0.5) is 13.2 Å². The third-order valence-corrected chi connectivity index (χ3v) is 3.87. The van der Waals surface area contributed by atoms with E-state index in [0.717, 1.165) is 23.9 Å². The quantitative estimate of drug-likeness (QED) is 0.630. The fourth-order valence-electron chi connectivity index (χ4n) is 2.36. The largest absolute Gasteiger partial charge is 0.491 e. The third kappa shape index (κ3) is 5.39. The zero-order valence-electron chi connectivity index (χ0n) is 13.9. The second-order valence-electron chi connectivity index (χ2n) is 5.73. The van der Waals surface area contributed by atoms with Crippen LogP contribution >= 0.6 is 11.6 Å². The number of carboxylic acids is 1. The van der Waals surface area contributed by atoms with Crippen molar-refractivity contribution in [1.82, 2.24) is 5.16 Å². The van der Waals surface area contributed by atoms with Gasteiger partial charge in [0.05, 0.1) is 28.5 Å². The molecule has 1 N–H and O–H groups in total. The maximum absolute atomic E-state index is 13.1. The molecule has 1 aromatic carbocycles. The predicted molar refractivity (Wildman–Crippen MR) is 87.7 cm³/mol. The number of aromatic carboxylic acids is 1. The van der Waals surface area contributed by atoms with E-state index in [1.54, 1.807) is 0 Å². The van der Waals surface area contributed by atoms with Crippen LogP contribution in [0.15, 0.2) is 22.7 Å². The number of hydrogen-bond acceptors (Lipinski definition) is 4. The van der Waals surface area contributed by atoms with Crippen LogP contribution in [0.3, 0.4) is 0 Å². The molecule has 142 valence electrons. The summed E-state index contributed by atoms with van der Waals surface area (Å²) >= 11 is 5.80. The SMILES string of the molecule is Cc1cc(CCCCCOc2c(Cl)cc(C(=O)O)cc2C(F)(F)F)on1. The molecule has 5 nitrogen and oxygen atoms in total. The van der Waals surface area contributed by atoms with Gasteiger partial charge in [0, 0.05) is 12.5 Å². The smallest absolute Gasteiger partial charge is 0.420 e. The Morgan fingerprint density at radius 1 is 1.27 bits per heavy atom. The van der Waals surface area contributed by atoms with Gasteiger partial charge >= 0.3 is 12.1 Å². The number of ether oxygens (including phenoxy) is 1. The molecule has 1 aromatic heterocycles. The second kappa shape index (κ2) is 8.44. The molecular formula is C17H17ClF3NO4. The van der Waals surface area contributed by atoms with E-state index in [1.807, 2.05) is 13.0 Å². The summed E-state index contributed by atoms with van der Waals surface area (Å²) in [6.07, 6.45) is -2.08. The highest BCUT2D eigenvalue weighted by molar-refractivity contribution is 6.32. The van der Waals surface area contributed by atoms with Gasteiger partial charge in [0.15, 0.2) is 0 Å². The van der Waals surface area contributed by atoms with E-state index in [4.69, 9.17) is 26.0 Å². The summed E-state index contributed by atoms with van der Waals surface area (Å²) in [7, 11) is 0. The molecule has 0 saturated carbocycles. The van der Waals surface area contributed by atoms with Gasteiger partial charge in [0.2, 0.25) is 0 Å². The highest BCUT2D eigenvalue weighted by Gasteiger charge is 2.36. The van der Waals surface area contributed by atoms with Gasteiger partial charge in [-0.3, -0.25) is 0 Å². The van der Waals surface area contributed by atoms with Gasteiger partial charge in [0.25, 0.3) is 0 Å². The monoisotopic (exact) mass is 391 g/mol. The van der Waals surface area contributed by atoms with Crippen LogP contribution in [0.1, 0.15) is 46.6 Å². The first-order valence-electron chi connectivity index (χ1n) is 7.87. The van der Waals surface area contributed by atoms with E-state index in [2.05, 4.69) is 5.16 Å². The number of aryl methyl sites for hydroxylation is 2. The van der Waals surface area contributed by atoms with Crippen molar-refractivity contribution in [2.24, 2.45) is 0 Å². The maximum atomic E-state index is 13.1. The molecule has 0 aliphatic heterocycles. The number of alkyl halides is 3. The predicted octanol–water partition coefficient (Wildman–Crippen LogP) is 5.15. The van der Waals surface area contributed by atoms with Crippen LogP contribution in [-0.4, -0.2) is 22.8 Å². The van der Waals surface area contributed by atoms with Gasteiger partial charge in [-0.1, -0.05) is 16.8 Å². The summed E-state index contributed by atoms with van der Waals surface area (Å²) in [5, 5.41) is 12.3. The molecule has 0 unspecified atom stereocenters. The molecule has 0 fully saturated rings. The minimum Gasteiger partial charge on any atom is -0.491 e. The molecule has 9 heteroatoms. The van der Waals surface area contributed by atoms with Crippen LogP contribution in [0.2, 0.25) is 5.02 Å². The van der Waals surface area contributed by atoms with Crippen LogP contribution in [-0.2, 0) is 12.6 Å². The first kappa shape index (κ1) is 20.1. The van der Waals surface area contributed by atoms with E-state index >= 15 is 0 Å². The van der Waals surface area contributed by atoms with E-state index in [-0.39, 0.29) is 11.6 Å². The molecule has 0 radical (unpaired) electrons. The number of carbonyl (C=O) groups is 1. The van der Waals surface area contributed by atoms with Gasteiger partial charge in [-0.05, 0) is 38.3 Å². The summed E-state index contributed by atoms with van der Waals surface area (Å²) in [4.78, 5) is 10.9. The standard InChI is InChI=1S/C17H17ClF3NO4/c1-10-7-12(26-22-10)5-3-2-4-6-25-15-13(17(19,20)21)8-11(16(23)24)9-14(15)18/h7-9H,2-6H2,1H3,(H,23,24). The van der Waals surface area contributed by atoms with Gasteiger partial charge in [-0.2, -0.15) is 13.2 Å². The van der Waals surface area contributed by atoms with Crippen molar-refractivity contribution in [2.45, 2.75) is 38.8 Å². The number of hydrogen-bond donors (Lipinski definition) is 1. The molecule has 26 heavy (non-hydrogen) atoms. The number of aromatic nitrogens is 1. The van der Waals surface area contributed by atoms with Gasteiger partial charge in [-0.15, -0.1) is 0 Å². The lowest BCUT2D eigenvalue weighted by Crippen LogP contribution is -2.12. The van der Waals surface area contributed by atoms with Crippen LogP contribution < -0.4 is 4.74 Å². The molecule has 0 bridgehead atoms. The van der Waals surface area contributed by atoms with Crippen molar-refractivity contribution in [3.05, 3.63) is 45.8 Å². The van der Waals surface area contributed by atoms with Crippen molar-refractivity contribution < 1.29 is 32.3 Å². The van der Waals surface area contributed by atoms with Crippen molar-refractivity contribution in [1.29, 1.82) is 0 Å². The Bertz CT molecular complexity index is 774. The average molecular weight is 392 g/mol. The molecule has 2 aromatic rings. The zero-order valence-corrected chi connectivity index (χ0v) is 14.7. The Morgan fingerprint density at radius 2 is 2.00 bits per heavy atom. The minimum absolute atomic E-state index is 0.0324. The Hall–Kier alpha value is -2.22. The lowest BCUT2D eigenvalue weighted by molar-refractivity contribution is -0.139. The summed E-state index contributed by atoms with van der Waals surface area (Å²) in [5.74, 6) is -1.28. The van der Waals surface area contributed by atoms with Crippen molar-refractivity contribution >= 4 is 17.6 Å². The first-order chi connectivity index (χ1) is 12.2. The van der Waals surface area contributed by atoms with E-state index in [1.165, 1.54) is 0 Å². The molecule has 0 aliphatic rings. The third-order valence-electron chi connectivity index (χ3n) is 3.59. The fourth-order valence-corrected chi connectivity index (χ4v) is 2.63. The number of nitrogens with zero attached hydrogens (tertiary/aromatic N) is 1. The number of halogens is 4. The number of benzene rings is 1. The van der Waals surface area contributed by atoms with Crippen LogP contribution in [0.25, 0.3) is 0 Å². The summed E-state index contributed by atoms with van der Waals surface area (Å²) in [6.45, 7) is 1.85. The average Bonchev–Trinajstić information content (AvgIpc) is 2.95. The Labute approximate surface area is 152 Å². The highest BCUT2D eigenvalue weighted by atomic mass is 35.5. The Morgan fingerprint density at radius 3 is 2.58 bits per heavy atom. The van der Waals surface area contributed by atoms with Crippen molar-refractivity contribution in [2.75, 3.05) is 6.61 Å². The molecule has 0 aliphatic carbocycles. The minimum atomic E-state index is -4.77. The summed E-state index contributed by atoms with van der Waals surface area (Å²) in [6, 6.07) is 3.30. The summed E-state index contributed by atoms with van der Waals surface area (Å²) in [5.41, 5.74) is -0.945. The Balaban J connectivity index is 1.92. The molecule has 0 spiro atoms. The maximum Gasteiger partial charge on any atom is 0.420 e. The van der Waals surface area contributed by atoms with E-state index in [0.29, 0.717) is 25.3 Å². The van der Waals surface area contributed by atoms with Gasteiger partial charge < -0.3 is 14.4 Å². The normalized spacial score (nSPS) is 11.6. The fraction of sp³-hybridized carbons (Fsp3) is 0.412. The topological polar surface area (TPSA) is 72.6 Å². The molecule has 2 rings (SSSR count). The molecular weight excluding hydrogens is 375 g/mol. The van der Waals surface area contributed by atoms with Crippen molar-refractivity contribution in [3.8, 4) is 5.75 Å². The summed E-state index contributed by atoms with van der Waals surface area (Å²) < 4.78 is 49.7.